The minimum absolute atomic E-state index is 0.0211. The van der Waals surface area contributed by atoms with Gasteiger partial charge in [0.05, 0.1) is 12.8 Å². The lowest BCUT2D eigenvalue weighted by atomic mass is 9.96. The molecule has 1 aromatic rings. The van der Waals surface area contributed by atoms with Gasteiger partial charge in [0.1, 0.15) is 5.75 Å². The molecule has 0 heterocycles. The third-order valence-electron chi connectivity index (χ3n) is 3.56. The number of carbonyl (C=O) groups excluding carboxylic acids is 1. The number of anilines is 1. The first-order chi connectivity index (χ1) is 8.63. The summed E-state index contributed by atoms with van der Waals surface area (Å²) in [5.41, 5.74) is 9.21. The number of hydrogen-bond acceptors (Lipinski definition) is 3. The van der Waals surface area contributed by atoms with Crippen LogP contribution in [0.5, 0.6) is 5.75 Å². The normalized spacial score (nSPS) is 17.3. The molecule has 4 heteroatoms. The summed E-state index contributed by atoms with van der Waals surface area (Å²) in [7, 11) is 1.66. The summed E-state index contributed by atoms with van der Waals surface area (Å²) in [6.45, 7) is 2.25. The average molecular weight is 248 g/mol. The van der Waals surface area contributed by atoms with Gasteiger partial charge in [0.2, 0.25) is 5.91 Å². The molecule has 1 atom stereocenters. The van der Waals surface area contributed by atoms with Crippen LogP contribution in [0, 0.1) is 0 Å². The van der Waals surface area contributed by atoms with Gasteiger partial charge in [0.15, 0.2) is 0 Å². The second-order valence-electron chi connectivity index (χ2n) is 4.77. The summed E-state index contributed by atoms with van der Waals surface area (Å²) in [6, 6.07) is 4.00. The lowest BCUT2D eigenvalue weighted by Gasteiger charge is -2.16. The van der Waals surface area contributed by atoms with Crippen molar-refractivity contribution in [2.45, 2.75) is 32.1 Å². The highest BCUT2D eigenvalue weighted by Crippen LogP contribution is 2.43. The van der Waals surface area contributed by atoms with Crippen molar-refractivity contribution >= 4 is 11.6 Å². The van der Waals surface area contributed by atoms with Crippen LogP contribution in [0.25, 0.3) is 0 Å². The molecule has 0 saturated carbocycles. The van der Waals surface area contributed by atoms with Crippen molar-refractivity contribution in [1.29, 1.82) is 0 Å². The Morgan fingerprint density at radius 2 is 2.33 bits per heavy atom. The van der Waals surface area contributed by atoms with Crippen LogP contribution >= 0.6 is 0 Å². The van der Waals surface area contributed by atoms with Gasteiger partial charge in [-0.2, -0.15) is 0 Å². The molecule has 0 aromatic heterocycles. The van der Waals surface area contributed by atoms with Gasteiger partial charge in [0.25, 0.3) is 0 Å². The smallest absolute Gasteiger partial charge is 0.216 e. The predicted octanol–water partition coefficient (Wildman–Crippen LogP) is 1.83. The Labute approximate surface area is 108 Å². The SMILES string of the molecule is COc1c(N)ccc2c1C(CCNC(C)=O)CC2. The number of ether oxygens (including phenoxy) is 1. The Bertz CT molecular complexity index is 457. The zero-order valence-corrected chi connectivity index (χ0v) is 11.0. The van der Waals surface area contributed by atoms with Gasteiger partial charge in [-0.05, 0) is 36.8 Å². The molecule has 1 aliphatic rings. The molecule has 1 aliphatic carbocycles. The van der Waals surface area contributed by atoms with E-state index < -0.39 is 0 Å². The first-order valence-electron chi connectivity index (χ1n) is 6.33. The number of methoxy groups -OCH3 is 1. The van der Waals surface area contributed by atoms with E-state index in [9.17, 15) is 4.79 Å². The van der Waals surface area contributed by atoms with Gasteiger partial charge >= 0.3 is 0 Å². The molecule has 4 nitrogen and oxygen atoms in total. The van der Waals surface area contributed by atoms with E-state index in [1.54, 1.807) is 14.0 Å². The van der Waals surface area contributed by atoms with Crippen LogP contribution < -0.4 is 15.8 Å². The molecule has 0 radical (unpaired) electrons. The van der Waals surface area contributed by atoms with E-state index in [4.69, 9.17) is 10.5 Å². The summed E-state index contributed by atoms with van der Waals surface area (Å²) >= 11 is 0. The maximum Gasteiger partial charge on any atom is 0.216 e. The highest BCUT2D eigenvalue weighted by atomic mass is 16.5. The quantitative estimate of drug-likeness (QED) is 0.799. The molecular weight excluding hydrogens is 228 g/mol. The van der Waals surface area contributed by atoms with Gasteiger partial charge in [-0.3, -0.25) is 4.79 Å². The number of aryl methyl sites for hydroxylation is 1. The average Bonchev–Trinajstić information content (AvgIpc) is 2.72. The van der Waals surface area contributed by atoms with Crippen LogP contribution in [0.4, 0.5) is 5.69 Å². The molecule has 0 spiro atoms. The number of fused-ring (bicyclic) bond motifs is 1. The van der Waals surface area contributed by atoms with Crippen molar-refractivity contribution in [3.63, 3.8) is 0 Å². The summed E-state index contributed by atoms with van der Waals surface area (Å²) in [6.07, 6.45) is 3.11. The standard InChI is InChI=1S/C14H20N2O2/c1-9(17)16-8-7-11-4-3-10-5-6-12(15)14(18-2)13(10)11/h5-6,11H,3-4,7-8,15H2,1-2H3,(H,16,17). The summed E-state index contributed by atoms with van der Waals surface area (Å²) in [5, 5.41) is 2.84. The zero-order chi connectivity index (χ0) is 13.1. The van der Waals surface area contributed by atoms with Gasteiger partial charge in [-0.15, -0.1) is 0 Å². The van der Waals surface area contributed by atoms with Crippen molar-refractivity contribution in [3.8, 4) is 5.75 Å². The van der Waals surface area contributed by atoms with E-state index >= 15 is 0 Å². The van der Waals surface area contributed by atoms with E-state index in [0.717, 1.165) is 25.0 Å². The molecular formula is C14H20N2O2. The van der Waals surface area contributed by atoms with Gasteiger partial charge < -0.3 is 15.8 Å². The number of rotatable bonds is 4. The number of nitrogen functional groups attached to an aromatic ring is 1. The van der Waals surface area contributed by atoms with E-state index in [1.165, 1.54) is 11.1 Å². The second-order valence-corrected chi connectivity index (χ2v) is 4.77. The Kier molecular flexibility index (Phi) is 3.75. The largest absolute Gasteiger partial charge is 0.494 e. The van der Waals surface area contributed by atoms with Crippen molar-refractivity contribution in [3.05, 3.63) is 23.3 Å². The number of benzene rings is 1. The third-order valence-corrected chi connectivity index (χ3v) is 3.56. The van der Waals surface area contributed by atoms with E-state index in [1.807, 2.05) is 6.07 Å². The number of nitrogens with one attached hydrogen (secondary N) is 1. The topological polar surface area (TPSA) is 64.3 Å². The second kappa shape index (κ2) is 5.29. The summed E-state index contributed by atoms with van der Waals surface area (Å²) in [4.78, 5) is 10.9. The van der Waals surface area contributed by atoms with E-state index in [2.05, 4.69) is 11.4 Å². The van der Waals surface area contributed by atoms with Gasteiger partial charge in [-0.25, -0.2) is 0 Å². The molecule has 0 fully saturated rings. The van der Waals surface area contributed by atoms with Crippen LogP contribution in [-0.4, -0.2) is 19.6 Å². The molecule has 1 unspecified atom stereocenters. The summed E-state index contributed by atoms with van der Waals surface area (Å²) < 4.78 is 5.43. The molecule has 0 bridgehead atoms. The maximum absolute atomic E-state index is 10.9. The van der Waals surface area contributed by atoms with Gasteiger partial charge in [0, 0.05) is 19.0 Å². The van der Waals surface area contributed by atoms with E-state index in [0.29, 0.717) is 18.2 Å². The maximum atomic E-state index is 10.9. The fourth-order valence-corrected chi connectivity index (χ4v) is 2.74. The minimum Gasteiger partial charge on any atom is -0.494 e. The fourth-order valence-electron chi connectivity index (χ4n) is 2.74. The van der Waals surface area contributed by atoms with Gasteiger partial charge in [-0.1, -0.05) is 6.07 Å². The molecule has 1 amide bonds. The Hall–Kier alpha value is -1.71. The predicted molar refractivity (Wildman–Crippen MR) is 71.8 cm³/mol. The molecule has 0 aliphatic heterocycles. The van der Waals surface area contributed by atoms with Crippen LogP contribution in [-0.2, 0) is 11.2 Å². The Morgan fingerprint density at radius 1 is 1.56 bits per heavy atom. The molecule has 3 N–H and O–H groups in total. The third kappa shape index (κ3) is 2.42. The first-order valence-corrected chi connectivity index (χ1v) is 6.33. The highest BCUT2D eigenvalue weighted by Gasteiger charge is 2.27. The van der Waals surface area contributed by atoms with Crippen molar-refractivity contribution < 1.29 is 9.53 Å². The number of nitrogens with two attached hydrogens (primary N) is 1. The van der Waals surface area contributed by atoms with Crippen LogP contribution in [0.15, 0.2) is 12.1 Å². The van der Waals surface area contributed by atoms with Crippen LogP contribution in [0.2, 0.25) is 0 Å². The van der Waals surface area contributed by atoms with E-state index in [-0.39, 0.29) is 5.91 Å². The fraction of sp³-hybridized carbons (Fsp3) is 0.500. The lowest BCUT2D eigenvalue weighted by Crippen LogP contribution is -2.22. The molecule has 98 valence electrons. The molecule has 0 saturated heterocycles. The Balaban J connectivity index is 2.15. The Morgan fingerprint density at radius 3 is 3.00 bits per heavy atom. The number of amides is 1. The van der Waals surface area contributed by atoms with Crippen LogP contribution in [0.3, 0.4) is 0 Å². The highest BCUT2D eigenvalue weighted by molar-refractivity contribution is 5.72. The molecule has 1 aromatic carbocycles. The zero-order valence-electron chi connectivity index (χ0n) is 11.0. The van der Waals surface area contributed by atoms with Crippen molar-refractivity contribution in [1.82, 2.24) is 5.32 Å². The minimum atomic E-state index is 0.0211. The molecule has 18 heavy (non-hydrogen) atoms. The van der Waals surface area contributed by atoms with Crippen molar-refractivity contribution in [2.24, 2.45) is 0 Å². The number of hydrogen-bond donors (Lipinski definition) is 2. The first kappa shape index (κ1) is 12.7. The summed E-state index contributed by atoms with van der Waals surface area (Å²) in [5.74, 6) is 1.27. The monoisotopic (exact) mass is 248 g/mol. The number of carbonyl (C=O) groups is 1. The molecule has 2 rings (SSSR count). The lowest BCUT2D eigenvalue weighted by molar-refractivity contribution is -0.118. The van der Waals surface area contributed by atoms with Crippen LogP contribution in [0.1, 0.15) is 36.8 Å². The van der Waals surface area contributed by atoms with Crippen molar-refractivity contribution in [2.75, 3.05) is 19.4 Å².